The van der Waals surface area contributed by atoms with Crippen LogP contribution in [0.2, 0.25) is 0 Å². The minimum atomic E-state index is -4.85. The molecule has 4 rings (SSSR count). The van der Waals surface area contributed by atoms with Crippen molar-refractivity contribution in [2.45, 2.75) is 43.2 Å². The quantitative estimate of drug-likeness (QED) is 0.283. The Balaban J connectivity index is 0.000000304. The number of hydrogen-bond acceptors (Lipinski definition) is 4. The lowest BCUT2D eigenvalue weighted by atomic mass is 10.0. The zero-order valence-corrected chi connectivity index (χ0v) is 20.4. The van der Waals surface area contributed by atoms with Crippen molar-refractivity contribution < 1.29 is 48.8 Å². The van der Waals surface area contributed by atoms with Crippen LogP contribution >= 0.6 is 0 Å². The molecule has 6 nitrogen and oxygen atoms in total. The molecule has 0 aromatic heterocycles. The Hall–Kier alpha value is -3.58. The van der Waals surface area contributed by atoms with Crippen LogP contribution in [0.3, 0.4) is 0 Å². The van der Waals surface area contributed by atoms with Crippen molar-refractivity contribution in [1.82, 2.24) is 0 Å². The topological polar surface area (TPSA) is 83.9 Å². The van der Waals surface area contributed by atoms with Gasteiger partial charge in [-0.1, -0.05) is 29.8 Å². The van der Waals surface area contributed by atoms with Gasteiger partial charge in [0.25, 0.3) is 10.1 Å². The number of benzene rings is 3. The van der Waals surface area contributed by atoms with Gasteiger partial charge in [0.15, 0.2) is 0 Å². The molecule has 1 aliphatic heterocycles. The third-order valence-electron chi connectivity index (χ3n) is 5.48. The Labute approximate surface area is 214 Å². The van der Waals surface area contributed by atoms with E-state index in [1.165, 1.54) is 41.3 Å². The average Bonchev–Trinajstić information content (AvgIpc) is 3.19. The number of anilines is 1. The van der Waals surface area contributed by atoms with Crippen molar-refractivity contribution in [3.05, 3.63) is 89.5 Å². The maximum absolute atomic E-state index is 12.7. The van der Waals surface area contributed by atoms with Crippen molar-refractivity contribution in [1.29, 1.82) is 0 Å². The van der Waals surface area contributed by atoms with E-state index in [1.54, 1.807) is 18.2 Å². The van der Waals surface area contributed by atoms with Gasteiger partial charge in [0.1, 0.15) is 5.75 Å². The van der Waals surface area contributed by atoms with Crippen molar-refractivity contribution >= 4 is 21.7 Å². The number of carbonyl (C=O) groups excluding carboxylic acids is 1. The highest BCUT2D eigenvalue weighted by atomic mass is 32.2. The Kier molecular flexibility index (Phi) is 8.42. The minimum absolute atomic E-state index is 0.0666. The molecule has 1 N–H and O–H groups in total. The second-order valence-electron chi connectivity index (χ2n) is 8.27. The van der Waals surface area contributed by atoms with E-state index in [0.717, 1.165) is 23.8 Å². The van der Waals surface area contributed by atoms with E-state index in [-0.39, 0.29) is 22.9 Å². The van der Waals surface area contributed by atoms with E-state index in [2.05, 4.69) is 4.74 Å². The van der Waals surface area contributed by atoms with E-state index in [1.807, 2.05) is 6.92 Å². The molecule has 3 aromatic rings. The summed E-state index contributed by atoms with van der Waals surface area (Å²) in [6.07, 6.45) is -8.89. The molecule has 0 aliphatic carbocycles. The maximum atomic E-state index is 12.7. The fraction of sp³-hybridized carbons (Fsp3) is 0.240. The normalized spacial score (nSPS) is 16.2. The molecule has 1 amide bonds. The lowest BCUT2D eigenvalue weighted by Gasteiger charge is -2.26. The molecule has 1 aliphatic rings. The molecule has 1 fully saturated rings. The summed E-state index contributed by atoms with van der Waals surface area (Å²) in [6, 6.07) is 14.7. The van der Waals surface area contributed by atoms with E-state index in [4.69, 9.17) is 4.55 Å². The summed E-state index contributed by atoms with van der Waals surface area (Å²) < 4.78 is 109. The van der Waals surface area contributed by atoms with Crippen LogP contribution in [0, 0.1) is 6.92 Å². The molecule has 13 heteroatoms. The second-order valence-corrected chi connectivity index (χ2v) is 9.69. The highest BCUT2D eigenvalue weighted by molar-refractivity contribution is 7.85. The van der Waals surface area contributed by atoms with Gasteiger partial charge >= 0.3 is 12.5 Å². The molecule has 0 bridgehead atoms. The Bertz CT molecular complexity index is 1370. The van der Waals surface area contributed by atoms with E-state index in [0.29, 0.717) is 12.0 Å². The molecule has 0 saturated carbocycles. The number of rotatable bonds is 4. The monoisotopic (exact) mass is 561 g/mol. The zero-order valence-electron chi connectivity index (χ0n) is 19.6. The summed E-state index contributed by atoms with van der Waals surface area (Å²) in [7, 11) is -4.02. The van der Waals surface area contributed by atoms with E-state index in [9.17, 15) is 39.6 Å². The first kappa shape index (κ1) is 29.0. The molecule has 1 unspecified atom stereocenters. The SMILES string of the molecule is Cc1ccc(S(=O)(=O)O)cc1.O=C1CCC(c2cccc(OC(F)(F)F)c2)N1c1ccc(C(F)(F)F)cc1. The standard InChI is InChI=1S/C18H13F6NO2.C7H8O3S/c19-17(20,21)12-4-6-13(7-5-12)25-15(8-9-16(25)26)11-2-1-3-14(10-11)27-18(22,23)24;1-6-2-4-7(5-3-6)11(8,9)10/h1-7,10,15H,8-9H2;2-5H,1H3,(H,8,9,10). The fourth-order valence-electron chi connectivity index (χ4n) is 3.76. The molecule has 204 valence electrons. The van der Waals surface area contributed by atoms with Gasteiger partial charge in [0.05, 0.1) is 16.5 Å². The van der Waals surface area contributed by atoms with Gasteiger partial charge in [0.2, 0.25) is 5.91 Å². The predicted molar refractivity (Wildman–Crippen MR) is 125 cm³/mol. The van der Waals surface area contributed by atoms with Crippen LogP contribution in [0.5, 0.6) is 5.75 Å². The summed E-state index contributed by atoms with van der Waals surface area (Å²) in [5, 5.41) is 0. The summed E-state index contributed by atoms with van der Waals surface area (Å²) in [6.45, 7) is 1.84. The zero-order chi connectivity index (χ0) is 28.3. The van der Waals surface area contributed by atoms with Crippen LogP contribution in [0.1, 0.15) is 35.6 Å². The van der Waals surface area contributed by atoms with Gasteiger partial charge in [-0.25, -0.2) is 0 Å². The third kappa shape index (κ3) is 7.71. The lowest BCUT2D eigenvalue weighted by Crippen LogP contribution is -2.27. The molecule has 38 heavy (non-hydrogen) atoms. The summed E-state index contributed by atoms with van der Waals surface area (Å²) in [5.74, 6) is -0.742. The number of aryl methyl sites for hydroxylation is 1. The molecular formula is C25H21F6NO5S. The minimum Gasteiger partial charge on any atom is -0.406 e. The summed E-state index contributed by atoms with van der Waals surface area (Å²) in [5.41, 5.74) is 0.757. The average molecular weight is 562 g/mol. The van der Waals surface area contributed by atoms with E-state index < -0.39 is 40.0 Å². The number of alkyl halides is 6. The highest BCUT2D eigenvalue weighted by Crippen LogP contribution is 2.39. The number of ether oxygens (including phenoxy) is 1. The van der Waals surface area contributed by atoms with Gasteiger partial charge < -0.3 is 9.64 Å². The molecule has 0 radical (unpaired) electrons. The highest BCUT2D eigenvalue weighted by Gasteiger charge is 2.36. The predicted octanol–water partition coefficient (Wildman–Crippen LogP) is 6.71. The number of nitrogens with zero attached hydrogens (tertiary/aromatic N) is 1. The van der Waals surface area contributed by atoms with Crippen LogP contribution in [0.25, 0.3) is 0 Å². The van der Waals surface area contributed by atoms with Crippen LogP contribution in [0.15, 0.2) is 77.7 Å². The van der Waals surface area contributed by atoms with Crippen molar-refractivity contribution in [2.75, 3.05) is 4.90 Å². The second kappa shape index (κ2) is 11.0. The Morgan fingerprint density at radius 2 is 1.53 bits per heavy atom. The first-order chi connectivity index (χ1) is 17.5. The molecule has 1 saturated heterocycles. The summed E-state index contributed by atoms with van der Waals surface area (Å²) in [4.78, 5) is 13.5. The third-order valence-corrected chi connectivity index (χ3v) is 6.35. The number of amides is 1. The fourth-order valence-corrected chi connectivity index (χ4v) is 4.24. The number of halogens is 6. The molecular weight excluding hydrogens is 540 g/mol. The van der Waals surface area contributed by atoms with Crippen molar-refractivity contribution in [3.63, 3.8) is 0 Å². The Morgan fingerprint density at radius 3 is 2.05 bits per heavy atom. The van der Waals surface area contributed by atoms with Crippen LogP contribution < -0.4 is 9.64 Å². The van der Waals surface area contributed by atoms with Crippen LogP contribution in [0.4, 0.5) is 32.0 Å². The number of carbonyl (C=O) groups is 1. The van der Waals surface area contributed by atoms with Crippen molar-refractivity contribution in [3.8, 4) is 5.75 Å². The largest absolute Gasteiger partial charge is 0.573 e. The van der Waals surface area contributed by atoms with Gasteiger partial charge in [-0.3, -0.25) is 9.35 Å². The first-order valence-corrected chi connectivity index (χ1v) is 12.4. The van der Waals surface area contributed by atoms with Crippen LogP contribution in [-0.2, 0) is 21.1 Å². The van der Waals surface area contributed by atoms with Crippen LogP contribution in [-0.4, -0.2) is 25.2 Å². The van der Waals surface area contributed by atoms with Gasteiger partial charge in [0, 0.05) is 12.1 Å². The maximum Gasteiger partial charge on any atom is 0.573 e. The Morgan fingerprint density at radius 1 is 0.921 bits per heavy atom. The van der Waals surface area contributed by atoms with Gasteiger partial charge in [-0.05, 0) is 67.4 Å². The van der Waals surface area contributed by atoms with Gasteiger partial charge in [-0.2, -0.15) is 21.6 Å². The lowest BCUT2D eigenvalue weighted by molar-refractivity contribution is -0.274. The van der Waals surface area contributed by atoms with Crippen molar-refractivity contribution in [2.24, 2.45) is 0 Å². The van der Waals surface area contributed by atoms with E-state index >= 15 is 0 Å². The molecule has 1 atom stereocenters. The molecule has 0 spiro atoms. The van der Waals surface area contributed by atoms with Gasteiger partial charge in [-0.15, -0.1) is 13.2 Å². The first-order valence-electron chi connectivity index (χ1n) is 10.9. The number of hydrogen-bond donors (Lipinski definition) is 1. The summed E-state index contributed by atoms with van der Waals surface area (Å²) >= 11 is 0. The molecule has 1 heterocycles. The smallest absolute Gasteiger partial charge is 0.406 e. The molecule has 3 aromatic carbocycles.